The van der Waals surface area contributed by atoms with Gasteiger partial charge in [0.1, 0.15) is 12.4 Å². The van der Waals surface area contributed by atoms with E-state index in [0.717, 1.165) is 27.8 Å². The maximum absolute atomic E-state index is 12.3. The number of anilines is 1. The summed E-state index contributed by atoms with van der Waals surface area (Å²) in [5.41, 5.74) is 4.33. The van der Waals surface area contributed by atoms with Crippen LogP contribution in [-0.2, 0) is 17.8 Å². The van der Waals surface area contributed by atoms with E-state index in [2.05, 4.69) is 34.6 Å². The van der Waals surface area contributed by atoms with Crippen LogP contribution in [0.2, 0.25) is 0 Å². The van der Waals surface area contributed by atoms with E-state index in [1.165, 1.54) is 5.56 Å². The van der Waals surface area contributed by atoms with Gasteiger partial charge in [-0.05, 0) is 42.2 Å². The minimum Gasteiger partial charge on any atom is -0.489 e. The van der Waals surface area contributed by atoms with Crippen molar-refractivity contribution in [2.75, 3.05) is 5.32 Å². The minimum absolute atomic E-state index is 0.0536. The molecule has 1 aromatic heterocycles. The molecule has 5 nitrogen and oxygen atoms in total. The SMILES string of the molecule is Cc1ccccc1COc1ccc2c(NC(=O)CCc3ccccc3)n[nH]c2c1. The zero-order valence-electron chi connectivity index (χ0n) is 16.3. The van der Waals surface area contributed by atoms with Crippen LogP contribution in [0, 0.1) is 6.92 Å². The summed E-state index contributed by atoms with van der Waals surface area (Å²) in [7, 11) is 0. The summed E-state index contributed by atoms with van der Waals surface area (Å²) in [4.78, 5) is 12.3. The molecule has 0 atom stereocenters. The van der Waals surface area contributed by atoms with Crippen molar-refractivity contribution in [1.82, 2.24) is 10.2 Å². The number of rotatable bonds is 7. The van der Waals surface area contributed by atoms with Crippen LogP contribution in [0.15, 0.2) is 72.8 Å². The summed E-state index contributed by atoms with van der Waals surface area (Å²) in [6, 6.07) is 23.9. The van der Waals surface area contributed by atoms with Gasteiger partial charge in [-0.2, -0.15) is 5.10 Å². The van der Waals surface area contributed by atoms with Gasteiger partial charge in [-0.1, -0.05) is 54.6 Å². The molecule has 2 N–H and O–H groups in total. The maximum atomic E-state index is 12.3. The Bertz CT molecular complexity index is 1120. The number of aromatic nitrogens is 2. The van der Waals surface area contributed by atoms with Crippen molar-refractivity contribution in [3.05, 3.63) is 89.5 Å². The smallest absolute Gasteiger partial charge is 0.225 e. The molecule has 29 heavy (non-hydrogen) atoms. The number of fused-ring (bicyclic) bond motifs is 1. The molecule has 4 aromatic rings. The molecule has 0 saturated heterocycles. The van der Waals surface area contributed by atoms with Gasteiger partial charge in [-0.3, -0.25) is 9.89 Å². The van der Waals surface area contributed by atoms with E-state index in [4.69, 9.17) is 4.74 Å². The standard InChI is InChI=1S/C24H23N3O2/c1-17-7-5-6-10-19(17)16-29-20-12-13-21-22(15-20)26-27-24(21)25-23(28)14-11-18-8-3-2-4-9-18/h2-10,12-13,15H,11,14,16H2,1H3,(H2,25,26,27,28). The summed E-state index contributed by atoms with van der Waals surface area (Å²) < 4.78 is 5.92. The Kier molecular flexibility index (Phi) is 5.56. The number of hydrogen-bond acceptors (Lipinski definition) is 3. The highest BCUT2D eigenvalue weighted by Gasteiger charge is 2.11. The Balaban J connectivity index is 1.39. The number of aryl methyl sites for hydroxylation is 2. The molecule has 0 spiro atoms. The molecule has 5 heteroatoms. The Hall–Kier alpha value is -3.60. The molecule has 0 radical (unpaired) electrons. The van der Waals surface area contributed by atoms with Crippen molar-refractivity contribution in [2.24, 2.45) is 0 Å². The summed E-state index contributed by atoms with van der Waals surface area (Å²) in [5, 5.41) is 11.0. The van der Waals surface area contributed by atoms with Crippen molar-refractivity contribution in [2.45, 2.75) is 26.4 Å². The first-order chi connectivity index (χ1) is 14.2. The van der Waals surface area contributed by atoms with Crippen LogP contribution >= 0.6 is 0 Å². The zero-order chi connectivity index (χ0) is 20.1. The summed E-state index contributed by atoms with van der Waals surface area (Å²) in [5.74, 6) is 1.25. The van der Waals surface area contributed by atoms with Crippen LogP contribution in [-0.4, -0.2) is 16.1 Å². The number of aromatic amines is 1. The lowest BCUT2D eigenvalue weighted by atomic mass is 10.1. The van der Waals surface area contributed by atoms with Crippen LogP contribution in [0.3, 0.4) is 0 Å². The summed E-state index contributed by atoms with van der Waals surface area (Å²) in [6.07, 6.45) is 1.11. The number of H-pyrrole nitrogens is 1. The summed E-state index contributed by atoms with van der Waals surface area (Å²) in [6.45, 7) is 2.58. The molecule has 0 unspecified atom stereocenters. The van der Waals surface area contributed by atoms with Gasteiger partial charge in [0, 0.05) is 17.9 Å². The Labute approximate surface area is 169 Å². The molecule has 1 amide bonds. The predicted molar refractivity (Wildman–Crippen MR) is 115 cm³/mol. The largest absolute Gasteiger partial charge is 0.489 e. The quantitative estimate of drug-likeness (QED) is 0.469. The van der Waals surface area contributed by atoms with E-state index in [9.17, 15) is 4.79 Å². The van der Waals surface area contributed by atoms with Gasteiger partial charge in [0.05, 0.1) is 5.52 Å². The van der Waals surface area contributed by atoms with Crippen LogP contribution in [0.25, 0.3) is 10.9 Å². The second kappa shape index (κ2) is 8.61. The lowest BCUT2D eigenvalue weighted by Crippen LogP contribution is -2.12. The van der Waals surface area contributed by atoms with E-state index in [-0.39, 0.29) is 5.91 Å². The highest BCUT2D eigenvalue weighted by Crippen LogP contribution is 2.25. The van der Waals surface area contributed by atoms with E-state index in [1.807, 2.05) is 60.7 Å². The van der Waals surface area contributed by atoms with Gasteiger partial charge in [-0.25, -0.2) is 0 Å². The number of ether oxygens (including phenoxy) is 1. The number of nitrogens with zero attached hydrogens (tertiary/aromatic N) is 1. The molecular weight excluding hydrogens is 362 g/mol. The predicted octanol–water partition coefficient (Wildman–Crippen LogP) is 5.02. The van der Waals surface area contributed by atoms with Gasteiger partial charge in [0.2, 0.25) is 5.91 Å². The topological polar surface area (TPSA) is 67.0 Å². The van der Waals surface area contributed by atoms with Gasteiger partial charge in [-0.15, -0.1) is 0 Å². The van der Waals surface area contributed by atoms with Crippen molar-refractivity contribution in [1.29, 1.82) is 0 Å². The van der Waals surface area contributed by atoms with E-state index in [1.54, 1.807) is 0 Å². The number of carbonyl (C=O) groups is 1. The molecule has 3 aromatic carbocycles. The number of hydrogen-bond donors (Lipinski definition) is 2. The highest BCUT2D eigenvalue weighted by molar-refractivity contribution is 5.99. The first-order valence-corrected chi connectivity index (χ1v) is 9.68. The van der Waals surface area contributed by atoms with Crippen molar-refractivity contribution < 1.29 is 9.53 Å². The molecule has 0 aliphatic carbocycles. The van der Waals surface area contributed by atoms with Crippen LogP contribution in [0.1, 0.15) is 23.1 Å². The lowest BCUT2D eigenvalue weighted by molar-refractivity contribution is -0.116. The second-order valence-corrected chi connectivity index (χ2v) is 7.03. The van der Waals surface area contributed by atoms with Crippen molar-refractivity contribution >= 4 is 22.6 Å². The molecule has 4 rings (SSSR count). The Morgan fingerprint density at radius 1 is 1.03 bits per heavy atom. The Morgan fingerprint density at radius 2 is 1.83 bits per heavy atom. The average Bonchev–Trinajstić information content (AvgIpc) is 3.14. The molecule has 0 bridgehead atoms. The molecule has 0 fully saturated rings. The molecule has 146 valence electrons. The van der Waals surface area contributed by atoms with Gasteiger partial charge in [0.15, 0.2) is 5.82 Å². The molecule has 0 aliphatic heterocycles. The normalized spacial score (nSPS) is 10.8. The molecular formula is C24H23N3O2. The van der Waals surface area contributed by atoms with E-state index < -0.39 is 0 Å². The summed E-state index contributed by atoms with van der Waals surface area (Å²) >= 11 is 0. The van der Waals surface area contributed by atoms with Gasteiger partial charge < -0.3 is 10.1 Å². The first-order valence-electron chi connectivity index (χ1n) is 9.68. The monoisotopic (exact) mass is 385 g/mol. The third-order valence-corrected chi connectivity index (χ3v) is 4.93. The third kappa shape index (κ3) is 4.63. The fourth-order valence-corrected chi connectivity index (χ4v) is 3.21. The zero-order valence-corrected chi connectivity index (χ0v) is 16.3. The van der Waals surface area contributed by atoms with Crippen molar-refractivity contribution in [3.8, 4) is 5.75 Å². The second-order valence-electron chi connectivity index (χ2n) is 7.03. The average molecular weight is 385 g/mol. The Morgan fingerprint density at radius 3 is 2.66 bits per heavy atom. The fourth-order valence-electron chi connectivity index (χ4n) is 3.21. The number of carbonyl (C=O) groups excluding carboxylic acids is 1. The molecule has 0 aliphatic rings. The van der Waals surface area contributed by atoms with E-state index in [0.29, 0.717) is 25.3 Å². The number of benzene rings is 3. The van der Waals surface area contributed by atoms with E-state index >= 15 is 0 Å². The van der Waals surface area contributed by atoms with Gasteiger partial charge >= 0.3 is 0 Å². The first kappa shape index (κ1) is 18.7. The molecule has 0 saturated carbocycles. The van der Waals surface area contributed by atoms with Crippen molar-refractivity contribution in [3.63, 3.8) is 0 Å². The fraction of sp³-hybridized carbons (Fsp3) is 0.167. The van der Waals surface area contributed by atoms with Gasteiger partial charge in [0.25, 0.3) is 0 Å². The molecule has 1 heterocycles. The lowest BCUT2D eigenvalue weighted by Gasteiger charge is -2.08. The van der Waals surface area contributed by atoms with Crippen LogP contribution < -0.4 is 10.1 Å². The highest BCUT2D eigenvalue weighted by atomic mass is 16.5. The van der Waals surface area contributed by atoms with Crippen LogP contribution in [0.5, 0.6) is 5.75 Å². The van der Waals surface area contributed by atoms with Crippen LogP contribution in [0.4, 0.5) is 5.82 Å². The minimum atomic E-state index is -0.0536. The number of amides is 1. The third-order valence-electron chi connectivity index (χ3n) is 4.93. The maximum Gasteiger partial charge on any atom is 0.225 e. The number of nitrogens with one attached hydrogen (secondary N) is 2.